The first kappa shape index (κ1) is 21.5. The number of aliphatic hydroxyl groups excluding tert-OH is 1. The van der Waals surface area contributed by atoms with Crippen molar-refractivity contribution in [2.75, 3.05) is 21.3 Å². The molecule has 32 heavy (non-hydrogen) atoms. The van der Waals surface area contributed by atoms with Gasteiger partial charge in [0.05, 0.1) is 50.6 Å². The number of ketones is 1. The first-order valence-corrected chi connectivity index (χ1v) is 10.5. The summed E-state index contributed by atoms with van der Waals surface area (Å²) in [5.41, 5.74) is 0.502. The molecule has 0 fully saturated rings. The summed E-state index contributed by atoms with van der Waals surface area (Å²) < 4.78 is 21.7. The summed E-state index contributed by atoms with van der Waals surface area (Å²) in [5, 5.41) is 12.5. The third kappa shape index (κ3) is 3.60. The first-order valence-electron chi connectivity index (χ1n) is 9.64. The molecule has 0 bridgehead atoms. The number of thiophene rings is 1. The number of benzene rings is 1. The number of ether oxygens (including phenoxy) is 3. The number of methoxy groups -OCH3 is 3. The number of hydrogen-bond acceptors (Lipinski definition) is 8. The molecule has 1 aromatic carbocycles. The van der Waals surface area contributed by atoms with Gasteiger partial charge in [-0.3, -0.25) is 9.59 Å². The summed E-state index contributed by atoms with van der Waals surface area (Å²) in [5.74, 6) is -0.0724. The Morgan fingerprint density at radius 2 is 1.84 bits per heavy atom. The quantitative estimate of drug-likeness (QED) is 0.510. The maximum absolute atomic E-state index is 13.3. The Morgan fingerprint density at radius 1 is 1.12 bits per heavy atom. The molecule has 8 nitrogen and oxygen atoms in total. The van der Waals surface area contributed by atoms with Gasteiger partial charge in [-0.05, 0) is 41.3 Å². The zero-order valence-electron chi connectivity index (χ0n) is 17.7. The minimum atomic E-state index is -0.893. The second-order valence-corrected chi connectivity index (χ2v) is 7.89. The normalized spacial score (nSPS) is 15.9. The predicted molar refractivity (Wildman–Crippen MR) is 116 cm³/mol. The number of carbonyl (C=O) groups excluding carboxylic acids is 2. The number of aliphatic hydroxyl groups is 1. The minimum absolute atomic E-state index is 0.0155. The fourth-order valence-electron chi connectivity index (χ4n) is 3.77. The Bertz CT molecular complexity index is 1140. The van der Waals surface area contributed by atoms with Crippen LogP contribution in [0, 0.1) is 0 Å². The summed E-state index contributed by atoms with van der Waals surface area (Å²) in [4.78, 5) is 28.2. The second-order valence-electron chi connectivity index (χ2n) is 6.94. The molecule has 0 saturated heterocycles. The molecule has 2 aromatic heterocycles. The van der Waals surface area contributed by atoms with Crippen LogP contribution in [0.1, 0.15) is 27.0 Å². The number of amides is 1. The molecule has 0 unspecified atom stereocenters. The van der Waals surface area contributed by atoms with Crippen molar-refractivity contribution in [3.63, 3.8) is 0 Å². The first-order chi connectivity index (χ1) is 15.5. The highest BCUT2D eigenvalue weighted by Gasteiger charge is 2.45. The summed E-state index contributed by atoms with van der Waals surface area (Å²) in [7, 11) is 4.44. The fraction of sp³-hybridized carbons (Fsp3) is 0.217. The highest BCUT2D eigenvalue weighted by atomic mass is 32.1. The minimum Gasteiger partial charge on any atom is -0.503 e. The van der Waals surface area contributed by atoms with Crippen molar-refractivity contribution in [3.05, 3.63) is 75.6 Å². The van der Waals surface area contributed by atoms with Crippen LogP contribution in [0.3, 0.4) is 0 Å². The summed E-state index contributed by atoms with van der Waals surface area (Å²) in [6, 6.07) is 9.24. The average molecular weight is 455 g/mol. The van der Waals surface area contributed by atoms with Crippen LogP contribution in [0.25, 0.3) is 0 Å². The molecule has 0 spiro atoms. The standard InChI is InChI=1S/C23H21NO7S/c1-28-15-10-13(11-16(29-2)22(15)30-3)19-18(20(25)17-7-5-9-32-17)21(26)23(27)24(19)12-14-6-4-8-31-14/h4-11,19,26H,12H2,1-3H3/t19-/m0/s1. The van der Waals surface area contributed by atoms with Crippen LogP contribution in [0.15, 0.2) is 63.8 Å². The van der Waals surface area contributed by atoms with Crippen molar-refractivity contribution in [1.82, 2.24) is 4.90 Å². The van der Waals surface area contributed by atoms with E-state index in [9.17, 15) is 14.7 Å². The molecular formula is C23H21NO7S. The van der Waals surface area contributed by atoms with E-state index in [-0.39, 0.29) is 12.1 Å². The smallest absolute Gasteiger partial charge is 0.290 e. The molecule has 1 amide bonds. The van der Waals surface area contributed by atoms with E-state index in [4.69, 9.17) is 18.6 Å². The van der Waals surface area contributed by atoms with Gasteiger partial charge in [-0.1, -0.05) is 6.07 Å². The number of carbonyl (C=O) groups is 2. The number of Topliss-reactive ketones (excluding diaryl/α,β-unsaturated/α-hetero) is 1. The van der Waals surface area contributed by atoms with Crippen LogP contribution < -0.4 is 14.2 Å². The fourth-order valence-corrected chi connectivity index (χ4v) is 4.44. The van der Waals surface area contributed by atoms with E-state index in [0.717, 1.165) is 0 Å². The van der Waals surface area contributed by atoms with E-state index in [1.165, 1.54) is 43.8 Å². The third-order valence-electron chi connectivity index (χ3n) is 5.20. The van der Waals surface area contributed by atoms with Gasteiger partial charge in [0.2, 0.25) is 11.5 Å². The Hall–Kier alpha value is -3.72. The molecule has 166 valence electrons. The Kier molecular flexibility index (Phi) is 5.91. The summed E-state index contributed by atoms with van der Waals surface area (Å²) in [6.45, 7) is 0.0540. The van der Waals surface area contributed by atoms with Crippen molar-refractivity contribution in [1.29, 1.82) is 0 Å². The molecule has 3 heterocycles. The van der Waals surface area contributed by atoms with Gasteiger partial charge in [0, 0.05) is 0 Å². The molecule has 1 aliphatic rings. The van der Waals surface area contributed by atoms with Crippen LogP contribution in [0.4, 0.5) is 0 Å². The lowest BCUT2D eigenvalue weighted by Gasteiger charge is -2.27. The lowest BCUT2D eigenvalue weighted by molar-refractivity contribution is -0.130. The third-order valence-corrected chi connectivity index (χ3v) is 6.07. The Balaban J connectivity index is 1.88. The topological polar surface area (TPSA) is 98.4 Å². The van der Waals surface area contributed by atoms with Crippen molar-refractivity contribution in [2.45, 2.75) is 12.6 Å². The van der Waals surface area contributed by atoms with Crippen molar-refractivity contribution >= 4 is 23.0 Å². The van der Waals surface area contributed by atoms with E-state index in [0.29, 0.717) is 33.4 Å². The van der Waals surface area contributed by atoms with Gasteiger partial charge in [-0.15, -0.1) is 11.3 Å². The molecule has 9 heteroatoms. The maximum atomic E-state index is 13.3. The molecule has 1 atom stereocenters. The highest BCUT2D eigenvalue weighted by molar-refractivity contribution is 7.12. The molecular weight excluding hydrogens is 434 g/mol. The van der Waals surface area contributed by atoms with E-state index in [2.05, 4.69) is 0 Å². The highest BCUT2D eigenvalue weighted by Crippen LogP contribution is 2.46. The van der Waals surface area contributed by atoms with Gasteiger partial charge in [0.1, 0.15) is 5.76 Å². The molecule has 0 aliphatic carbocycles. The van der Waals surface area contributed by atoms with Crippen LogP contribution in [0.5, 0.6) is 17.2 Å². The number of nitrogens with zero attached hydrogens (tertiary/aromatic N) is 1. The van der Waals surface area contributed by atoms with Crippen LogP contribution in [-0.4, -0.2) is 43.0 Å². The molecule has 1 aliphatic heterocycles. The molecule has 0 saturated carbocycles. The van der Waals surface area contributed by atoms with E-state index in [1.54, 1.807) is 41.8 Å². The zero-order chi connectivity index (χ0) is 22.8. The molecule has 4 rings (SSSR count). The monoisotopic (exact) mass is 455 g/mol. The maximum Gasteiger partial charge on any atom is 0.290 e. The van der Waals surface area contributed by atoms with Crippen molar-refractivity contribution in [3.8, 4) is 17.2 Å². The second kappa shape index (κ2) is 8.80. The lowest BCUT2D eigenvalue weighted by Crippen LogP contribution is -2.30. The van der Waals surface area contributed by atoms with Crippen LogP contribution in [0.2, 0.25) is 0 Å². The molecule has 1 N–H and O–H groups in total. The van der Waals surface area contributed by atoms with Gasteiger partial charge < -0.3 is 28.6 Å². The number of hydrogen-bond donors (Lipinski definition) is 1. The Morgan fingerprint density at radius 3 is 2.38 bits per heavy atom. The van der Waals surface area contributed by atoms with Gasteiger partial charge in [-0.25, -0.2) is 0 Å². The zero-order valence-corrected chi connectivity index (χ0v) is 18.5. The lowest BCUT2D eigenvalue weighted by atomic mass is 9.94. The largest absolute Gasteiger partial charge is 0.503 e. The van der Waals surface area contributed by atoms with Gasteiger partial charge >= 0.3 is 0 Å². The van der Waals surface area contributed by atoms with Gasteiger partial charge in [0.15, 0.2) is 17.3 Å². The van der Waals surface area contributed by atoms with Gasteiger partial charge in [-0.2, -0.15) is 0 Å². The van der Waals surface area contributed by atoms with Gasteiger partial charge in [0.25, 0.3) is 5.91 Å². The number of furan rings is 1. The predicted octanol–water partition coefficient (Wildman–Crippen LogP) is 4.15. The van der Waals surface area contributed by atoms with Crippen LogP contribution in [-0.2, 0) is 11.3 Å². The van der Waals surface area contributed by atoms with Crippen molar-refractivity contribution in [2.24, 2.45) is 0 Å². The van der Waals surface area contributed by atoms with E-state index in [1.807, 2.05) is 0 Å². The summed E-state index contributed by atoms with van der Waals surface area (Å²) >= 11 is 1.23. The SMILES string of the molecule is COc1cc([C@H]2C(C(=O)c3cccs3)=C(O)C(=O)N2Cc2ccco2)cc(OC)c1OC. The molecule has 3 aromatic rings. The van der Waals surface area contributed by atoms with E-state index < -0.39 is 23.5 Å². The van der Waals surface area contributed by atoms with Crippen LogP contribution >= 0.6 is 11.3 Å². The van der Waals surface area contributed by atoms with E-state index >= 15 is 0 Å². The average Bonchev–Trinajstić information content (AvgIpc) is 3.57. The molecule has 0 radical (unpaired) electrons. The Labute approximate surface area is 188 Å². The number of rotatable bonds is 8. The summed E-state index contributed by atoms with van der Waals surface area (Å²) in [6.07, 6.45) is 1.50. The van der Waals surface area contributed by atoms with Crippen molar-refractivity contribution < 1.29 is 33.3 Å².